The van der Waals surface area contributed by atoms with Crippen molar-refractivity contribution in [3.05, 3.63) is 60.4 Å². The summed E-state index contributed by atoms with van der Waals surface area (Å²) in [5, 5.41) is 16.6. The van der Waals surface area contributed by atoms with Gasteiger partial charge < -0.3 is 50.7 Å². The second-order valence-electron chi connectivity index (χ2n) is 14.9. The Hall–Kier alpha value is -6.06. The number of amides is 4. The molecule has 2 aromatic heterocycles. The van der Waals surface area contributed by atoms with Crippen molar-refractivity contribution in [1.29, 1.82) is 0 Å². The summed E-state index contributed by atoms with van der Waals surface area (Å²) in [6.07, 6.45) is 5.22. The van der Waals surface area contributed by atoms with Crippen LogP contribution >= 0.6 is 0 Å². The fourth-order valence-corrected chi connectivity index (χ4v) is 7.57. The number of H-pyrrole nitrogens is 2. The molecule has 4 aromatic rings. The fraction of sp³-hybridized carbons (Fsp3) is 0.450. The minimum atomic E-state index is -0.748. The average molecular weight is 770 g/mol. The molecule has 2 aromatic carbocycles. The molecule has 0 spiro atoms. The topological polar surface area (TPSA) is 221 Å². The molecule has 0 radical (unpaired) electrons. The number of benzene rings is 2. The highest BCUT2D eigenvalue weighted by Gasteiger charge is 2.39. The first-order valence-corrected chi connectivity index (χ1v) is 19.0. The summed E-state index contributed by atoms with van der Waals surface area (Å²) in [7, 11) is 2.54. The second kappa shape index (κ2) is 16.8. The van der Waals surface area contributed by atoms with Crippen LogP contribution in [0.1, 0.15) is 77.1 Å². The zero-order valence-electron chi connectivity index (χ0n) is 32.6. The Bertz CT molecular complexity index is 2060. The van der Waals surface area contributed by atoms with E-state index >= 15 is 0 Å². The lowest BCUT2D eigenvalue weighted by Gasteiger charge is -2.29. The average Bonchev–Trinajstić information content (AvgIpc) is 4.03. The molecule has 4 atom stereocenters. The normalized spacial score (nSPS) is 17.9. The molecule has 0 bridgehead atoms. The van der Waals surface area contributed by atoms with Gasteiger partial charge in [0.05, 0.1) is 43.4 Å². The van der Waals surface area contributed by atoms with Gasteiger partial charge in [-0.2, -0.15) is 0 Å². The Morgan fingerprint density at radius 2 is 1.18 bits per heavy atom. The Labute approximate surface area is 325 Å². The van der Waals surface area contributed by atoms with Crippen LogP contribution in [0.3, 0.4) is 0 Å². The van der Waals surface area contributed by atoms with Crippen molar-refractivity contribution >= 4 is 29.7 Å². The number of aromatic hydroxyl groups is 1. The third kappa shape index (κ3) is 8.00. The van der Waals surface area contributed by atoms with Crippen molar-refractivity contribution in [3.63, 3.8) is 0 Å². The molecule has 4 amide bonds. The standard InChI is InChI=1S/C40H51N9O7/c1-21(2)32(46-39(53)55-5)37(51)48-17-7-9-29(48)35-42-19-27(44-35)24-13-11-23(12-14-24)25-15-16-26(34(50)31(25)41)28-20-43-36(45-28)30-10-8-18-49(30)38(52)33(22(3)4)47-40(54)56-6/h11-16,19-22,29-30,32-33,50H,7-10,17-18,41H2,1-6H3,(H,42,44)(H,43,45)(H,46,53)(H,47,54)/t29-,30-,32-,33-/m0/s1. The lowest BCUT2D eigenvalue weighted by molar-refractivity contribution is -0.136. The summed E-state index contributed by atoms with van der Waals surface area (Å²) in [6, 6.07) is 9.21. The number of likely N-dealkylation sites (tertiary alicyclic amines) is 2. The third-order valence-corrected chi connectivity index (χ3v) is 10.7. The number of hydrogen-bond donors (Lipinski definition) is 6. The van der Waals surface area contributed by atoms with Crippen LogP contribution in [0.2, 0.25) is 0 Å². The number of phenols is 1. The zero-order valence-corrected chi connectivity index (χ0v) is 32.6. The van der Waals surface area contributed by atoms with E-state index in [9.17, 15) is 24.3 Å². The van der Waals surface area contributed by atoms with Gasteiger partial charge in [0.25, 0.3) is 0 Å². The van der Waals surface area contributed by atoms with Gasteiger partial charge in [0.1, 0.15) is 29.5 Å². The summed E-state index contributed by atoms with van der Waals surface area (Å²) in [5.74, 6) is 0.469. The second-order valence-corrected chi connectivity index (χ2v) is 14.9. The van der Waals surface area contributed by atoms with Crippen molar-refractivity contribution in [2.24, 2.45) is 11.8 Å². The van der Waals surface area contributed by atoms with Crippen LogP contribution in [0.5, 0.6) is 5.75 Å². The van der Waals surface area contributed by atoms with Crippen LogP contribution in [-0.4, -0.2) is 98.2 Å². The summed E-state index contributed by atoms with van der Waals surface area (Å²) < 4.78 is 9.48. The molecule has 0 saturated carbocycles. The molecule has 2 fully saturated rings. The summed E-state index contributed by atoms with van der Waals surface area (Å²) in [5.41, 5.74) is 10.6. The van der Waals surface area contributed by atoms with Crippen molar-refractivity contribution < 1.29 is 33.8 Å². The molecule has 2 saturated heterocycles. The number of alkyl carbamates (subject to hydrolysis) is 2. The van der Waals surface area contributed by atoms with E-state index in [1.54, 1.807) is 22.1 Å². The number of imidazole rings is 2. The van der Waals surface area contributed by atoms with Crippen LogP contribution in [0.4, 0.5) is 15.3 Å². The number of ether oxygens (including phenoxy) is 2. The lowest BCUT2D eigenvalue weighted by Crippen LogP contribution is -2.51. The molecular weight excluding hydrogens is 718 g/mol. The Kier molecular flexibility index (Phi) is 11.9. The predicted octanol–water partition coefficient (Wildman–Crippen LogP) is 5.51. The van der Waals surface area contributed by atoms with E-state index in [-0.39, 0.29) is 47.2 Å². The first kappa shape index (κ1) is 39.6. The molecule has 7 N–H and O–H groups in total. The number of nitrogens with zero attached hydrogens (tertiary/aromatic N) is 4. The van der Waals surface area contributed by atoms with E-state index in [1.807, 2.05) is 64.2 Å². The zero-order chi connectivity index (χ0) is 40.3. The number of nitrogen functional groups attached to an aromatic ring is 1. The van der Waals surface area contributed by atoms with Crippen LogP contribution in [0.25, 0.3) is 33.6 Å². The minimum absolute atomic E-state index is 0.111. The molecule has 298 valence electrons. The van der Waals surface area contributed by atoms with Crippen molar-refractivity contribution in [3.8, 4) is 39.4 Å². The van der Waals surface area contributed by atoms with Gasteiger partial charge in [-0.15, -0.1) is 0 Å². The van der Waals surface area contributed by atoms with Gasteiger partial charge in [-0.1, -0.05) is 58.0 Å². The van der Waals surface area contributed by atoms with Gasteiger partial charge in [-0.25, -0.2) is 19.6 Å². The van der Waals surface area contributed by atoms with E-state index in [0.29, 0.717) is 53.7 Å². The smallest absolute Gasteiger partial charge is 0.407 e. The van der Waals surface area contributed by atoms with Crippen molar-refractivity contribution in [2.45, 2.75) is 77.5 Å². The Morgan fingerprint density at radius 3 is 1.66 bits per heavy atom. The third-order valence-electron chi connectivity index (χ3n) is 10.7. The maximum Gasteiger partial charge on any atom is 0.407 e. The number of methoxy groups -OCH3 is 2. The molecule has 16 nitrogen and oxygen atoms in total. The van der Waals surface area contributed by atoms with Gasteiger partial charge in [-0.05, 0) is 49.1 Å². The monoisotopic (exact) mass is 769 g/mol. The maximum absolute atomic E-state index is 13.6. The van der Waals surface area contributed by atoms with Crippen LogP contribution in [0.15, 0.2) is 48.8 Å². The number of carbonyl (C=O) groups excluding carboxylic acids is 4. The van der Waals surface area contributed by atoms with Gasteiger partial charge in [0.2, 0.25) is 11.8 Å². The number of phenolic OH excluding ortho intramolecular Hbond substituents is 1. The number of hydrogen-bond acceptors (Lipinski definition) is 10. The highest BCUT2D eigenvalue weighted by atomic mass is 16.5. The Balaban J connectivity index is 1.16. The molecule has 2 aliphatic heterocycles. The highest BCUT2D eigenvalue weighted by Crippen LogP contribution is 2.41. The van der Waals surface area contributed by atoms with Gasteiger partial charge in [-0.3, -0.25) is 9.59 Å². The summed E-state index contributed by atoms with van der Waals surface area (Å²) >= 11 is 0. The molecule has 4 heterocycles. The molecule has 56 heavy (non-hydrogen) atoms. The molecule has 0 unspecified atom stereocenters. The lowest BCUT2D eigenvalue weighted by atomic mass is 9.98. The molecular formula is C40H51N9O7. The summed E-state index contributed by atoms with van der Waals surface area (Å²) in [4.78, 5) is 70.6. The van der Waals surface area contributed by atoms with E-state index in [2.05, 4.69) is 20.6 Å². The number of aromatic amines is 2. The highest BCUT2D eigenvalue weighted by molar-refractivity contribution is 5.89. The largest absolute Gasteiger partial charge is 0.505 e. The fourth-order valence-electron chi connectivity index (χ4n) is 7.57. The van der Waals surface area contributed by atoms with E-state index in [1.165, 1.54) is 14.2 Å². The number of carbonyl (C=O) groups is 4. The van der Waals surface area contributed by atoms with Gasteiger partial charge >= 0.3 is 12.2 Å². The number of anilines is 1. The van der Waals surface area contributed by atoms with E-state index < -0.39 is 24.3 Å². The predicted molar refractivity (Wildman–Crippen MR) is 209 cm³/mol. The molecule has 6 rings (SSSR count). The van der Waals surface area contributed by atoms with Crippen LogP contribution in [-0.2, 0) is 19.1 Å². The van der Waals surface area contributed by atoms with E-state index in [4.69, 9.17) is 25.2 Å². The quantitative estimate of drug-likeness (QED) is 0.0830. The van der Waals surface area contributed by atoms with Gasteiger partial charge in [0, 0.05) is 42.2 Å². The molecule has 2 aliphatic rings. The number of nitrogens with one attached hydrogen (secondary N) is 4. The van der Waals surface area contributed by atoms with Gasteiger partial charge in [0.15, 0.2) is 0 Å². The SMILES string of the molecule is COC(=O)N[C@H](C(=O)N1CCC[C@H]1c1nc(-c2ccc(-c3ccc(-c4c[nH]c([C@@H]5CCCN5C(=O)[C@@H](NC(=O)OC)C(C)C)n4)c(O)c3N)cc2)c[nH]1)C(C)C. The minimum Gasteiger partial charge on any atom is -0.505 e. The summed E-state index contributed by atoms with van der Waals surface area (Å²) in [6.45, 7) is 8.57. The van der Waals surface area contributed by atoms with E-state index in [0.717, 1.165) is 30.4 Å². The van der Waals surface area contributed by atoms with Crippen molar-refractivity contribution in [2.75, 3.05) is 33.0 Å². The maximum atomic E-state index is 13.6. The number of nitrogens with two attached hydrogens (primary N) is 1. The molecule has 0 aliphatic carbocycles. The first-order chi connectivity index (χ1) is 26.8. The number of rotatable bonds is 11. The van der Waals surface area contributed by atoms with Crippen LogP contribution < -0.4 is 16.4 Å². The van der Waals surface area contributed by atoms with Crippen molar-refractivity contribution in [1.82, 2.24) is 40.4 Å². The molecule has 16 heteroatoms. The van der Waals surface area contributed by atoms with Crippen LogP contribution in [0, 0.1) is 11.8 Å². The Morgan fingerprint density at radius 1 is 0.732 bits per heavy atom. The first-order valence-electron chi connectivity index (χ1n) is 19.0. The number of aromatic nitrogens is 4.